The number of para-hydroxylation sites is 1. The summed E-state index contributed by atoms with van der Waals surface area (Å²) in [6.07, 6.45) is 1.57. The van der Waals surface area contributed by atoms with Crippen LogP contribution in [0, 0.1) is 6.92 Å². The van der Waals surface area contributed by atoms with Crippen molar-refractivity contribution in [3.63, 3.8) is 0 Å². The van der Waals surface area contributed by atoms with Gasteiger partial charge in [-0.3, -0.25) is 0 Å². The highest BCUT2D eigenvalue weighted by Crippen LogP contribution is 2.29. The highest BCUT2D eigenvalue weighted by atomic mass is 79.9. The van der Waals surface area contributed by atoms with E-state index in [2.05, 4.69) is 25.9 Å². The molecule has 2 rings (SSSR count). The van der Waals surface area contributed by atoms with Crippen LogP contribution in [0.5, 0.6) is 11.5 Å². The molecule has 0 spiro atoms. The molecule has 1 aromatic heterocycles. The summed E-state index contributed by atoms with van der Waals surface area (Å²) < 4.78 is 6.55. The fourth-order valence-electron chi connectivity index (χ4n) is 1.22. The molecule has 0 aliphatic heterocycles. The number of benzene rings is 1. The molecule has 2 aromatic rings. The lowest BCUT2D eigenvalue weighted by atomic mass is 10.3. The Balaban J connectivity index is 2.31. The highest BCUT2D eigenvalue weighted by Gasteiger charge is 2.06. The van der Waals surface area contributed by atoms with E-state index in [0.717, 1.165) is 10.2 Å². The third kappa shape index (κ3) is 2.30. The largest absolute Gasteiger partial charge is 0.453 e. The van der Waals surface area contributed by atoms with Crippen molar-refractivity contribution in [1.29, 1.82) is 0 Å². The first kappa shape index (κ1) is 10.9. The number of halogens is 1. The molecule has 0 bridgehead atoms. The Morgan fingerprint density at radius 1 is 1.25 bits per heavy atom. The Morgan fingerprint density at radius 3 is 2.69 bits per heavy atom. The maximum absolute atomic E-state index is 5.67. The summed E-state index contributed by atoms with van der Waals surface area (Å²) in [5, 5.41) is 0. The molecule has 82 valence electrons. The second kappa shape index (κ2) is 4.49. The lowest BCUT2D eigenvalue weighted by Gasteiger charge is -2.08. The molecule has 16 heavy (non-hydrogen) atoms. The molecule has 0 aliphatic carbocycles. The molecule has 1 heterocycles. The first-order chi connectivity index (χ1) is 7.66. The van der Waals surface area contributed by atoms with Crippen LogP contribution in [0.15, 0.2) is 34.9 Å². The maximum Gasteiger partial charge on any atom is 0.220 e. The molecular formula is C11H10BrN3O. The van der Waals surface area contributed by atoms with Crippen LogP contribution in [-0.2, 0) is 0 Å². The van der Waals surface area contributed by atoms with Crippen LogP contribution in [0.2, 0.25) is 0 Å². The van der Waals surface area contributed by atoms with Crippen molar-refractivity contribution < 1.29 is 4.74 Å². The third-order valence-corrected chi connectivity index (χ3v) is 2.66. The van der Waals surface area contributed by atoms with E-state index in [0.29, 0.717) is 11.4 Å². The average Bonchev–Trinajstić information content (AvgIpc) is 2.25. The van der Waals surface area contributed by atoms with Gasteiger partial charge >= 0.3 is 0 Å². The standard InChI is InChI=1S/C11H10BrN3O/c1-7-10(6-14-11(13)15-7)16-9-5-3-2-4-8(9)12/h2-6H,1H3,(H2,13,14,15). The highest BCUT2D eigenvalue weighted by molar-refractivity contribution is 9.10. The number of hydrogen-bond donors (Lipinski definition) is 1. The summed E-state index contributed by atoms with van der Waals surface area (Å²) in [4.78, 5) is 7.92. The van der Waals surface area contributed by atoms with Crippen molar-refractivity contribution in [2.45, 2.75) is 6.92 Å². The lowest BCUT2D eigenvalue weighted by molar-refractivity contribution is 0.470. The molecule has 0 unspecified atom stereocenters. The first-order valence-electron chi connectivity index (χ1n) is 4.68. The Morgan fingerprint density at radius 2 is 2.00 bits per heavy atom. The lowest BCUT2D eigenvalue weighted by Crippen LogP contribution is -1.98. The molecule has 2 N–H and O–H groups in total. The number of aromatic nitrogens is 2. The molecule has 0 radical (unpaired) electrons. The Hall–Kier alpha value is -1.62. The van der Waals surface area contributed by atoms with Crippen molar-refractivity contribution in [3.05, 3.63) is 40.6 Å². The molecule has 5 heteroatoms. The van der Waals surface area contributed by atoms with Gasteiger partial charge in [-0.15, -0.1) is 0 Å². The van der Waals surface area contributed by atoms with E-state index < -0.39 is 0 Å². The fraction of sp³-hybridized carbons (Fsp3) is 0.0909. The zero-order chi connectivity index (χ0) is 11.5. The summed E-state index contributed by atoms with van der Waals surface area (Å²) in [7, 11) is 0. The summed E-state index contributed by atoms with van der Waals surface area (Å²) in [5.41, 5.74) is 6.18. The number of nitrogens with two attached hydrogens (primary N) is 1. The topological polar surface area (TPSA) is 61.0 Å². The number of anilines is 1. The van der Waals surface area contributed by atoms with E-state index in [4.69, 9.17) is 10.5 Å². The van der Waals surface area contributed by atoms with Crippen LogP contribution in [0.3, 0.4) is 0 Å². The molecule has 0 fully saturated rings. The minimum Gasteiger partial charge on any atom is -0.453 e. The minimum atomic E-state index is 0.247. The van der Waals surface area contributed by atoms with E-state index in [1.165, 1.54) is 0 Å². The van der Waals surface area contributed by atoms with Crippen molar-refractivity contribution in [3.8, 4) is 11.5 Å². The summed E-state index contributed by atoms with van der Waals surface area (Å²) in [6, 6.07) is 7.58. The Bertz CT molecular complexity index is 516. The summed E-state index contributed by atoms with van der Waals surface area (Å²) >= 11 is 3.40. The number of ether oxygens (including phenoxy) is 1. The Kier molecular flexibility index (Phi) is 3.05. The fourth-order valence-corrected chi connectivity index (χ4v) is 1.59. The van der Waals surface area contributed by atoms with E-state index >= 15 is 0 Å². The van der Waals surface area contributed by atoms with Gasteiger partial charge in [0.2, 0.25) is 5.95 Å². The summed E-state index contributed by atoms with van der Waals surface area (Å²) in [6.45, 7) is 1.82. The van der Waals surface area contributed by atoms with Gasteiger partial charge in [-0.25, -0.2) is 9.97 Å². The summed E-state index contributed by atoms with van der Waals surface area (Å²) in [5.74, 6) is 1.57. The van der Waals surface area contributed by atoms with E-state index in [1.807, 2.05) is 31.2 Å². The van der Waals surface area contributed by atoms with E-state index in [1.54, 1.807) is 6.20 Å². The van der Waals surface area contributed by atoms with Crippen LogP contribution < -0.4 is 10.5 Å². The second-order valence-corrected chi connectivity index (χ2v) is 4.06. The van der Waals surface area contributed by atoms with Crippen molar-refractivity contribution in [2.75, 3.05) is 5.73 Å². The number of aryl methyl sites for hydroxylation is 1. The molecule has 0 amide bonds. The number of nitrogen functional groups attached to an aromatic ring is 1. The molecule has 4 nitrogen and oxygen atoms in total. The molecule has 0 saturated heterocycles. The molecule has 1 aromatic carbocycles. The smallest absolute Gasteiger partial charge is 0.220 e. The monoisotopic (exact) mass is 279 g/mol. The van der Waals surface area contributed by atoms with Gasteiger partial charge in [0.15, 0.2) is 5.75 Å². The zero-order valence-corrected chi connectivity index (χ0v) is 10.2. The SMILES string of the molecule is Cc1nc(N)ncc1Oc1ccccc1Br. The average molecular weight is 280 g/mol. The third-order valence-electron chi connectivity index (χ3n) is 2.01. The maximum atomic E-state index is 5.67. The van der Waals surface area contributed by atoms with Crippen molar-refractivity contribution in [1.82, 2.24) is 9.97 Å². The minimum absolute atomic E-state index is 0.247. The number of nitrogens with zero attached hydrogens (tertiary/aromatic N) is 2. The predicted octanol–water partition coefficient (Wildman–Crippen LogP) is 2.92. The zero-order valence-electron chi connectivity index (χ0n) is 8.64. The van der Waals surface area contributed by atoms with Crippen LogP contribution in [0.1, 0.15) is 5.69 Å². The molecule has 0 aliphatic rings. The van der Waals surface area contributed by atoms with Gasteiger partial charge in [-0.2, -0.15) is 0 Å². The molecule has 0 atom stereocenters. The molecular weight excluding hydrogens is 270 g/mol. The predicted molar refractivity (Wildman–Crippen MR) is 65.4 cm³/mol. The van der Waals surface area contributed by atoms with Crippen LogP contribution in [0.4, 0.5) is 5.95 Å². The van der Waals surface area contributed by atoms with Crippen molar-refractivity contribution in [2.24, 2.45) is 0 Å². The van der Waals surface area contributed by atoms with Crippen LogP contribution in [0.25, 0.3) is 0 Å². The van der Waals surface area contributed by atoms with Gasteiger partial charge in [-0.1, -0.05) is 12.1 Å². The van der Waals surface area contributed by atoms with Crippen LogP contribution in [-0.4, -0.2) is 9.97 Å². The van der Waals surface area contributed by atoms with Gasteiger partial charge < -0.3 is 10.5 Å². The van der Waals surface area contributed by atoms with Crippen molar-refractivity contribution >= 4 is 21.9 Å². The first-order valence-corrected chi connectivity index (χ1v) is 5.47. The number of hydrogen-bond acceptors (Lipinski definition) is 4. The van der Waals surface area contributed by atoms with Gasteiger partial charge in [0.05, 0.1) is 16.4 Å². The van der Waals surface area contributed by atoms with Gasteiger partial charge in [0.1, 0.15) is 5.75 Å². The number of rotatable bonds is 2. The normalized spacial score (nSPS) is 10.1. The second-order valence-electron chi connectivity index (χ2n) is 3.21. The molecule has 0 saturated carbocycles. The van der Waals surface area contributed by atoms with Gasteiger partial charge in [0.25, 0.3) is 0 Å². The van der Waals surface area contributed by atoms with E-state index in [9.17, 15) is 0 Å². The van der Waals surface area contributed by atoms with E-state index in [-0.39, 0.29) is 5.95 Å². The van der Waals surface area contributed by atoms with Crippen LogP contribution >= 0.6 is 15.9 Å². The Labute approximate surface area is 102 Å². The van der Waals surface area contributed by atoms with Gasteiger partial charge in [-0.05, 0) is 35.0 Å². The quantitative estimate of drug-likeness (QED) is 0.918. The van der Waals surface area contributed by atoms with Gasteiger partial charge in [0, 0.05) is 0 Å².